The number of ether oxygens (including phenoxy) is 2. The molecule has 2 N–H and O–H groups in total. The van der Waals surface area contributed by atoms with Crippen molar-refractivity contribution in [3.05, 3.63) is 59.2 Å². The van der Waals surface area contributed by atoms with Gasteiger partial charge in [-0.25, -0.2) is 0 Å². The molecule has 1 fully saturated rings. The third-order valence-electron chi connectivity index (χ3n) is 7.32. The lowest BCUT2D eigenvalue weighted by atomic mass is 10.0. The van der Waals surface area contributed by atoms with Gasteiger partial charge < -0.3 is 14.8 Å². The van der Waals surface area contributed by atoms with Gasteiger partial charge in [0, 0.05) is 18.0 Å². The van der Waals surface area contributed by atoms with Crippen molar-refractivity contribution in [1.82, 2.24) is 15.5 Å². The van der Waals surface area contributed by atoms with Crippen LogP contribution in [-0.2, 0) is 9.59 Å². The number of nitrogens with zero attached hydrogens (tertiary/aromatic N) is 1. The predicted octanol–water partition coefficient (Wildman–Crippen LogP) is 4.02. The Bertz CT molecular complexity index is 1290. The molecule has 0 saturated carbocycles. The standard InChI is InChI=1S/C31H37N3O7/c1-3-8-21(4-2)32-28(36)20-9-11-22(12-10-20)40-17-6-5-7-18-41-23-13-14-24-25(19-23)31(39)34(30(24)38)26-15-16-27(35)33-29(26)37/h9-14,19,21,26H,3-8,15-18H2,1-2H3,(H,32,36)(H,33,35,37). The predicted molar refractivity (Wildman–Crippen MR) is 151 cm³/mol. The van der Waals surface area contributed by atoms with Gasteiger partial charge in [-0.2, -0.15) is 0 Å². The quantitative estimate of drug-likeness (QED) is 0.262. The molecular weight excluding hydrogens is 526 g/mol. The molecule has 2 aliphatic rings. The van der Waals surface area contributed by atoms with Gasteiger partial charge in [-0.3, -0.25) is 34.2 Å². The van der Waals surface area contributed by atoms with Crippen molar-refractivity contribution >= 4 is 29.5 Å². The van der Waals surface area contributed by atoms with E-state index in [-0.39, 0.29) is 35.9 Å². The Kier molecular flexibility index (Phi) is 10.1. The van der Waals surface area contributed by atoms with Gasteiger partial charge in [0.2, 0.25) is 11.8 Å². The second kappa shape index (κ2) is 13.9. The summed E-state index contributed by atoms with van der Waals surface area (Å²) in [7, 11) is 0. The minimum absolute atomic E-state index is 0.0668. The number of carbonyl (C=O) groups is 5. The van der Waals surface area contributed by atoms with Gasteiger partial charge >= 0.3 is 0 Å². The van der Waals surface area contributed by atoms with Crippen molar-refractivity contribution in [3.8, 4) is 11.5 Å². The van der Waals surface area contributed by atoms with E-state index >= 15 is 0 Å². The monoisotopic (exact) mass is 563 g/mol. The molecule has 0 bridgehead atoms. The number of rotatable bonds is 14. The zero-order valence-corrected chi connectivity index (χ0v) is 23.6. The van der Waals surface area contributed by atoms with Crippen molar-refractivity contribution in [2.45, 2.75) is 77.3 Å². The molecule has 0 aliphatic carbocycles. The number of fused-ring (bicyclic) bond motifs is 1. The van der Waals surface area contributed by atoms with E-state index in [9.17, 15) is 24.0 Å². The first kappa shape index (κ1) is 29.8. The first-order valence-corrected chi connectivity index (χ1v) is 14.3. The van der Waals surface area contributed by atoms with E-state index in [1.54, 1.807) is 30.3 Å². The molecule has 4 rings (SSSR count). The van der Waals surface area contributed by atoms with Crippen LogP contribution in [0.15, 0.2) is 42.5 Å². The maximum absolute atomic E-state index is 12.9. The molecule has 0 aromatic heterocycles. The normalized spacial score (nSPS) is 17.2. The highest BCUT2D eigenvalue weighted by Gasteiger charge is 2.44. The summed E-state index contributed by atoms with van der Waals surface area (Å²) in [4.78, 5) is 62.7. The lowest BCUT2D eigenvalue weighted by Gasteiger charge is -2.27. The maximum Gasteiger partial charge on any atom is 0.262 e. The molecule has 41 heavy (non-hydrogen) atoms. The molecule has 2 unspecified atom stereocenters. The number of hydrogen-bond acceptors (Lipinski definition) is 7. The third kappa shape index (κ3) is 7.31. The zero-order valence-electron chi connectivity index (χ0n) is 23.6. The number of amides is 5. The Hall–Kier alpha value is -4.21. The SMILES string of the molecule is CCCC(CC)NC(=O)c1ccc(OCCCCCOc2ccc3c(c2)C(=O)N(C2CCC(=O)NC2=O)C3=O)cc1. The van der Waals surface area contributed by atoms with Gasteiger partial charge in [0.15, 0.2) is 0 Å². The molecule has 2 aromatic carbocycles. The molecule has 2 atom stereocenters. The number of hydrogen-bond donors (Lipinski definition) is 2. The summed E-state index contributed by atoms with van der Waals surface area (Å²) in [6, 6.07) is 11.1. The highest BCUT2D eigenvalue weighted by molar-refractivity contribution is 6.23. The van der Waals surface area contributed by atoms with Crippen LogP contribution in [-0.4, -0.2) is 59.7 Å². The summed E-state index contributed by atoms with van der Waals surface area (Å²) in [5, 5.41) is 5.26. The Morgan fingerprint density at radius 3 is 2.24 bits per heavy atom. The Labute approximate surface area is 239 Å². The molecule has 2 heterocycles. The summed E-state index contributed by atoms with van der Waals surface area (Å²) in [6.07, 6.45) is 5.55. The van der Waals surface area contributed by atoms with Crippen LogP contribution in [0.3, 0.4) is 0 Å². The van der Waals surface area contributed by atoms with Crippen LogP contribution in [0, 0.1) is 0 Å². The van der Waals surface area contributed by atoms with E-state index in [4.69, 9.17) is 9.47 Å². The second-order valence-electron chi connectivity index (χ2n) is 10.3. The van der Waals surface area contributed by atoms with Gasteiger partial charge in [-0.15, -0.1) is 0 Å². The van der Waals surface area contributed by atoms with Gasteiger partial charge in [0.25, 0.3) is 17.7 Å². The molecule has 2 aliphatic heterocycles. The first-order chi connectivity index (χ1) is 19.8. The summed E-state index contributed by atoms with van der Waals surface area (Å²) in [6.45, 7) is 5.14. The molecule has 0 radical (unpaired) electrons. The van der Waals surface area contributed by atoms with E-state index in [0.717, 1.165) is 43.4 Å². The van der Waals surface area contributed by atoms with Gasteiger partial charge in [0.05, 0.1) is 24.3 Å². The highest BCUT2D eigenvalue weighted by atomic mass is 16.5. The summed E-state index contributed by atoms with van der Waals surface area (Å²) in [5.41, 5.74) is 1.03. The fourth-order valence-electron chi connectivity index (χ4n) is 5.00. The largest absolute Gasteiger partial charge is 0.494 e. The lowest BCUT2D eigenvalue weighted by molar-refractivity contribution is -0.136. The smallest absolute Gasteiger partial charge is 0.262 e. The highest BCUT2D eigenvalue weighted by Crippen LogP contribution is 2.30. The minimum Gasteiger partial charge on any atom is -0.494 e. The van der Waals surface area contributed by atoms with E-state index in [1.165, 1.54) is 12.1 Å². The van der Waals surface area contributed by atoms with Crippen molar-refractivity contribution in [3.63, 3.8) is 0 Å². The van der Waals surface area contributed by atoms with E-state index < -0.39 is 29.7 Å². The van der Waals surface area contributed by atoms with E-state index in [0.29, 0.717) is 30.3 Å². The number of unbranched alkanes of at least 4 members (excludes halogenated alkanes) is 2. The van der Waals surface area contributed by atoms with Crippen LogP contribution in [0.4, 0.5) is 0 Å². The number of nitrogens with one attached hydrogen (secondary N) is 2. The van der Waals surface area contributed by atoms with Crippen LogP contribution >= 0.6 is 0 Å². The molecule has 5 amide bonds. The Morgan fingerprint density at radius 2 is 1.59 bits per heavy atom. The lowest BCUT2D eigenvalue weighted by Crippen LogP contribution is -2.54. The third-order valence-corrected chi connectivity index (χ3v) is 7.32. The fraction of sp³-hybridized carbons (Fsp3) is 0.452. The van der Waals surface area contributed by atoms with Crippen molar-refractivity contribution in [2.75, 3.05) is 13.2 Å². The summed E-state index contributed by atoms with van der Waals surface area (Å²) < 4.78 is 11.6. The number of piperidine rings is 1. The molecule has 0 spiro atoms. The maximum atomic E-state index is 12.9. The van der Waals surface area contributed by atoms with Crippen LogP contribution in [0.25, 0.3) is 0 Å². The average molecular weight is 564 g/mol. The van der Waals surface area contributed by atoms with E-state index in [2.05, 4.69) is 24.5 Å². The van der Waals surface area contributed by atoms with Gasteiger partial charge in [-0.1, -0.05) is 20.3 Å². The number of imide groups is 2. The molecule has 10 heteroatoms. The topological polar surface area (TPSA) is 131 Å². The first-order valence-electron chi connectivity index (χ1n) is 14.3. The minimum atomic E-state index is -0.992. The van der Waals surface area contributed by atoms with Crippen LogP contribution in [0.1, 0.15) is 96.3 Å². The molecule has 2 aromatic rings. The second-order valence-corrected chi connectivity index (χ2v) is 10.3. The molecular formula is C31H37N3O7. The van der Waals surface area contributed by atoms with Crippen LogP contribution < -0.4 is 20.1 Å². The Morgan fingerprint density at radius 1 is 0.927 bits per heavy atom. The van der Waals surface area contributed by atoms with Crippen LogP contribution in [0.5, 0.6) is 11.5 Å². The van der Waals surface area contributed by atoms with Gasteiger partial charge in [-0.05, 0) is 81.0 Å². The molecule has 218 valence electrons. The van der Waals surface area contributed by atoms with Gasteiger partial charge in [0.1, 0.15) is 17.5 Å². The van der Waals surface area contributed by atoms with E-state index in [1.807, 2.05) is 0 Å². The van der Waals surface area contributed by atoms with Crippen LogP contribution in [0.2, 0.25) is 0 Å². The zero-order chi connectivity index (χ0) is 29.4. The molecule has 1 saturated heterocycles. The summed E-state index contributed by atoms with van der Waals surface area (Å²) >= 11 is 0. The average Bonchev–Trinajstić information content (AvgIpc) is 3.21. The van der Waals surface area contributed by atoms with Crippen molar-refractivity contribution in [1.29, 1.82) is 0 Å². The van der Waals surface area contributed by atoms with Crippen molar-refractivity contribution in [2.24, 2.45) is 0 Å². The number of benzene rings is 2. The summed E-state index contributed by atoms with van der Waals surface area (Å²) in [5.74, 6) is -1.03. The fourth-order valence-corrected chi connectivity index (χ4v) is 5.00. The number of carbonyl (C=O) groups excluding carboxylic acids is 5. The molecule has 10 nitrogen and oxygen atoms in total. The van der Waals surface area contributed by atoms with Crippen molar-refractivity contribution < 1.29 is 33.4 Å². The Balaban J connectivity index is 1.16.